The van der Waals surface area contributed by atoms with Crippen LogP contribution in [-0.4, -0.2) is 15.9 Å². The minimum atomic E-state index is -1.13. The molecule has 1 heterocycles. The Morgan fingerprint density at radius 2 is 1.70 bits per heavy atom. The first kappa shape index (κ1) is 12.6. The van der Waals surface area contributed by atoms with E-state index in [9.17, 15) is 9.90 Å². The number of para-hydroxylation sites is 1. The number of rotatable bonds is 3. The summed E-state index contributed by atoms with van der Waals surface area (Å²) in [5.41, 5.74) is 2.87. The number of ketones is 1. The molecule has 2 aromatic carbocycles. The highest BCUT2D eigenvalue weighted by atomic mass is 16.3. The normalized spacial score (nSPS) is 12.5. The standard InChI is InChI=1S/C17H15NO2/c1-11-15(13-9-5-6-10-14(13)18-11)17(20)16(19)12-7-3-2-4-8-12/h2-10,16,18-19H,1H3. The Morgan fingerprint density at radius 1 is 1.05 bits per heavy atom. The Morgan fingerprint density at radius 3 is 2.45 bits per heavy atom. The number of aliphatic hydroxyl groups excluding tert-OH is 1. The van der Waals surface area contributed by atoms with Crippen LogP contribution < -0.4 is 0 Å². The van der Waals surface area contributed by atoms with Crippen molar-refractivity contribution in [3.8, 4) is 0 Å². The van der Waals surface area contributed by atoms with Crippen LogP contribution in [0.15, 0.2) is 54.6 Å². The first-order valence-electron chi connectivity index (χ1n) is 6.53. The molecule has 2 N–H and O–H groups in total. The molecule has 1 aromatic heterocycles. The number of aromatic amines is 1. The van der Waals surface area contributed by atoms with Crippen molar-refractivity contribution in [1.82, 2.24) is 4.98 Å². The lowest BCUT2D eigenvalue weighted by Gasteiger charge is -2.10. The molecule has 0 saturated carbocycles. The molecule has 0 bridgehead atoms. The van der Waals surface area contributed by atoms with Gasteiger partial charge in [0.25, 0.3) is 0 Å². The van der Waals surface area contributed by atoms with Crippen molar-refractivity contribution in [1.29, 1.82) is 0 Å². The Kier molecular flexibility index (Phi) is 3.12. The van der Waals surface area contributed by atoms with Gasteiger partial charge in [0.1, 0.15) is 6.10 Å². The smallest absolute Gasteiger partial charge is 0.198 e. The van der Waals surface area contributed by atoms with E-state index in [1.165, 1.54) is 0 Å². The lowest BCUT2D eigenvalue weighted by atomic mass is 9.98. The maximum atomic E-state index is 12.6. The third kappa shape index (κ3) is 2.02. The molecule has 1 unspecified atom stereocenters. The minimum Gasteiger partial charge on any atom is -0.380 e. The quantitative estimate of drug-likeness (QED) is 0.713. The maximum absolute atomic E-state index is 12.6. The van der Waals surface area contributed by atoms with Gasteiger partial charge in [-0.3, -0.25) is 4.79 Å². The van der Waals surface area contributed by atoms with Crippen LogP contribution >= 0.6 is 0 Å². The number of H-pyrrole nitrogens is 1. The Labute approximate surface area is 116 Å². The predicted octanol–water partition coefficient (Wildman–Crippen LogP) is 3.39. The van der Waals surface area contributed by atoms with Gasteiger partial charge in [-0.25, -0.2) is 0 Å². The van der Waals surface area contributed by atoms with Crippen LogP contribution in [0.3, 0.4) is 0 Å². The molecule has 3 nitrogen and oxygen atoms in total. The van der Waals surface area contributed by atoms with Gasteiger partial charge in [-0.05, 0) is 18.6 Å². The number of aliphatic hydroxyl groups is 1. The van der Waals surface area contributed by atoms with Crippen molar-refractivity contribution in [2.24, 2.45) is 0 Å². The molecule has 0 aliphatic heterocycles. The number of carbonyl (C=O) groups is 1. The van der Waals surface area contributed by atoms with Crippen LogP contribution in [0.4, 0.5) is 0 Å². The van der Waals surface area contributed by atoms with E-state index in [-0.39, 0.29) is 5.78 Å². The van der Waals surface area contributed by atoms with Crippen LogP contribution in [0.5, 0.6) is 0 Å². The van der Waals surface area contributed by atoms with E-state index < -0.39 is 6.10 Å². The number of aromatic nitrogens is 1. The topological polar surface area (TPSA) is 53.1 Å². The number of Topliss-reactive ketones (excluding diaryl/α,β-unsaturated/α-hetero) is 1. The molecule has 1 atom stereocenters. The lowest BCUT2D eigenvalue weighted by molar-refractivity contribution is 0.0748. The molecule has 3 rings (SSSR count). The van der Waals surface area contributed by atoms with Crippen molar-refractivity contribution < 1.29 is 9.90 Å². The fourth-order valence-corrected chi connectivity index (χ4v) is 2.52. The largest absolute Gasteiger partial charge is 0.380 e. The second-order valence-electron chi connectivity index (χ2n) is 4.85. The average Bonchev–Trinajstić information content (AvgIpc) is 2.82. The zero-order valence-electron chi connectivity index (χ0n) is 11.1. The summed E-state index contributed by atoms with van der Waals surface area (Å²) in [5.74, 6) is -0.272. The van der Waals surface area contributed by atoms with E-state index in [1.807, 2.05) is 49.4 Å². The van der Waals surface area contributed by atoms with Gasteiger partial charge in [-0.1, -0.05) is 48.5 Å². The molecular formula is C17H15NO2. The van der Waals surface area contributed by atoms with Crippen LogP contribution in [0.1, 0.15) is 27.7 Å². The predicted molar refractivity (Wildman–Crippen MR) is 78.8 cm³/mol. The van der Waals surface area contributed by atoms with E-state index in [1.54, 1.807) is 12.1 Å². The average molecular weight is 265 g/mol. The SMILES string of the molecule is Cc1[nH]c2ccccc2c1C(=O)C(O)c1ccccc1. The molecule has 100 valence electrons. The zero-order chi connectivity index (χ0) is 14.1. The maximum Gasteiger partial charge on any atom is 0.198 e. The number of aryl methyl sites for hydroxylation is 1. The van der Waals surface area contributed by atoms with Crippen molar-refractivity contribution in [3.05, 3.63) is 71.4 Å². The van der Waals surface area contributed by atoms with E-state index in [2.05, 4.69) is 4.98 Å². The molecule has 0 saturated heterocycles. The highest BCUT2D eigenvalue weighted by molar-refractivity contribution is 6.11. The van der Waals surface area contributed by atoms with Crippen molar-refractivity contribution >= 4 is 16.7 Å². The number of hydrogen-bond acceptors (Lipinski definition) is 2. The highest BCUT2D eigenvalue weighted by Gasteiger charge is 2.23. The molecule has 20 heavy (non-hydrogen) atoms. The van der Waals surface area contributed by atoms with Gasteiger partial charge < -0.3 is 10.1 Å². The fraction of sp³-hybridized carbons (Fsp3) is 0.118. The summed E-state index contributed by atoms with van der Waals surface area (Å²) >= 11 is 0. The molecule has 0 aliphatic carbocycles. The van der Waals surface area contributed by atoms with E-state index >= 15 is 0 Å². The lowest BCUT2D eigenvalue weighted by Crippen LogP contribution is -2.13. The molecule has 0 radical (unpaired) electrons. The molecule has 0 fully saturated rings. The highest BCUT2D eigenvalue weighted by Crippen LogP contribution is 2.27. The Balaban J connectivity index is 2.07. The summed E-state index contributed by atoms with van der Waals surface area (Å²) in [5, 5.41) is 11.1. The van der Waals surface area contributed by atoms with E-state index in [0.29, 0.717) is 11.1 Å². The van der Waals surface area contributed by atoms with Gasteiger partial charge in [0.15, 0.2) is 5.78 Å². The fourth-order valence-electron chi connectivity index (χ4n) is 2.52. The summed E-state index contributed by atoms with van der Waals surface area (Å²) < 4.78 is 0. The van der Waals surface area contributed by atoms with E-state index in [4.69, 9.17) is 0 Å². The molecule has 3 heteroatoms. The molecule has 0 spiro atoms. The van der Waals surface area contributed by atoms with Gasteiger partial charge in [-0.15, -0.1) is 0 Å². The van der Waals surface area contributed by atoms with E-state index in [0.717, 1.165) is 16.6 Å². The van der Waals surface area contributed by atoms with Gasteiger partial charge in [-0.2, -0.15) is 0 Å². The van der Waals surface area contributed by atoms with Gasteiger partial charge >= 0.3 is 0 Å². The van der Waals surface area contributed by atoms with Crippen molar-refractivity contribution in [3.63, 3.8) is 0 Å². The van der Waals surface area contributed by atoms with Crippen LogP contribution in [0, 0.1) is 6.92 Å². The van der Waals surface area contributed by atoms with Gasteiger partial charge in [0.05, 0.1) is 0 Å². The van der Waals surface area contributed by atoms with Crippen molar-refractivity contribution in [2.45, 2.75) is 13.0 Å². The Hall–Kier alpha value is -2.39. The molecule has 3 aromatic rings. The number of fused-ring (bicyclic) bond motifs is 1. The van der Waals surface area contributed by atoms with Gasteiger partial charge in [0, 0.05) is 22.2 Å². The first-order chi connectivity index (χ1) is 9.68. The monoisotopic (exact) mass is 265 g/mol. The van der Waals surface area contributed by atoms with Crippen molar-refractivity contribution in [2.75, 3.05) is 0 Å². The van der Waals surface area contributed by atoms with Crippen LogP contribution in [0.2, 0.25) is 0 Å². The summed E-state index contributed by atoms with van der Waals surface area (Å²) in [6.45, 7) is 1.85. The third-order valence-electron chi connectivity index (χ3n) is 3.50. The number of benzene rings is 2. The van der Waals surface area contributed by atoms with Gasteiger partial charge in [0.2, 0.25) is 0 Å². The summed E-state index contributed by atoms with van der Waals surface area (Å²) in [7, 11) is 0. The Bertz CT molecular complexity index is 759. The van der Waals surface area contributed by atoms with Crippen LogP contribution in [-0.2, 0) is 0 Å². The second-order valence-corrected chi connectivity index (χ2v) is 4.85. The van der Waals surface area contributed by atoms with Crippen LogP contribution in [0.25, 0.3) is 10.9 Å². The zero-order valence-corrected chi connectivity index (χ0v) is 11.1. The third-order valence-corrected chi connectivity index (χ3v) is 3.50. The first-order valence-corrected chi connectivity index (χ1v) is 6.53. The second kappa shape index (κ2) is 4.94. The number of nitrogens with one attached hydrogen (secondary N) is 1. The number of carbonyl (C=O) groups excluding carboxylic acids is 1. The summed E-state index contributed by atoms with van der Waals surface area (Å²) in [6, 6.07) is 16.6. The summed E-state index contributed by atoms with van der Waals surface area (Å²) in [4.78, 5) is 15.8. The molecule has 0 aliphatic rings. The number of hydrogen-bond donors (Lipinski definition) is 2. The summed E-state index contributed by atoms with van der Waals surface area (Å²) in [6.07, 6.45) is -1.13. The minimum absolute atomic E-state index is 0.272. The molecule has 0 amide bonds. The molecular weight excluding hydrogens is 250 g/mol.